The molecule has 1 aliphatic rings. The molecule has 0 aromatic heterocycles. The van der Waals surface area contributed by atoms with Crippen molar-refractivity contribution < 1.29 is 0 Å². The highest BCUT2D eigenvalue weighted by atomic mass is 14.8. The van der Waals surface area contributed by atoms with E-state index in [4.69, 9.17) is 11.5 Å². The molecule has 0 bridgehead atoms. The molecule has 10 heavy (non-hydrogen) atoms. The fraction of sp³-hybridized carbons (Fsp3) is 0.750. The van der Waals surface area contributed by atoms with Gasteiger partial charge in [0.1, 0.15) is 0 Å². The average Bonchev–Trinajstić information content (AvgIpc) is 1.96. The Hall–Kier alpha value is -0.340. The van der Waals surface area contributed by atoms with Gasteiger partial charge in [-0.3, -0.25) is 0 Å². The molecule has 4 N–H and O–H groups in total. The third kappa shape index (κ3) is 1.58. The van der Waals surface area contributed by atoms with E-state index in [-0.39, 0.29) is 5.54 Å². The minimum Gasteiger partial charge on any atom is -0.328 e. The van der Waals surface area contributed by atoms with Crippen molar-refractivity contribution in [2.75, 3.05) is 0 Å². The Morgan fingerprint density at radius 3 is 2.30 bits per heavy atom. The quantitative estimate of drug-likeness (QED) is 0.529. The molecular weight excluding hydrogens is 124 g/mol. The van der Waals surface area contributed by atoms with Crippen LogP contribution in [-0.4, -0.2) is 11.6 Å². The van der Waals surface area contributed by atoms with Crippen LogP contribution in [0.3, 0.4) is 0 Å². The highest BCUT2D eigenvalue weighted by Crippen LogP contribution is 2.25. The van der Waals surface area contributed by atoms with Crippen LogP contribution in [0.15, 0.2) is 12.7 Å². The first-order valence-electron chi connectivity index (χ1n) is 3.84. The molecule has 1 saturated carbocycles. The monoisotopic (exact) mass is 140 g/mol. The van der Waals surface area contributed by atoms with Crippen LogP contribution in [-0.2, 0) is 0 Å². The zero-order valence-electron chi connectivity index (χ0n) is 6.34. The van der Waals surface area contributed by atoms with Gasteiger partial charge in [0.05, 0.1) is 0 Å². The molecule has 0 aromatic carbocycles. The molecule has 0 radical (unpaired) electrons. The number of hydrogen-bond acceptors (Lipinski definition) is 2. The maximum atomic E-state index is 5.95. The predicted molar refractivity (Wildman–Crippen MR) is 43.6 cm³/mol. The number of nitrogens with two attached hydrogens (primary N) is 2. The Kier molecular flexibility index (Phi) is 2.11. The van der Waals surface area contributed by atoms with Gasteiger partial charge in [0.2, 0.25) is 0 Å². The van der Waals surface area contributed by atoms with Crippen molar-refractivity contribution in [1.29, 1.82) is 0 Å². The minimum absolute atomic E-state index is 0.115. The lowest BCUT2D eigenvalue weighted by molar-refractivity contribution is 0.327. The molecule has 0 unspecified atom stereocenters. The molecule has 0 aromatic rings. The minimum atomic E-state index is -0.115. The Bertz CT molecular complexity index is 123. The SMILES string of the molecule is C=CC1(N)CCC(N)CC1. The summed E-state index contributed by atoms with van der Waals surface area (Å²) in [5.74, 6) is 0. The fourth-order valence-electron chi connectivity index (χ4n) is 1.38. The van der Waals surface area contributed by atoms with Crippen LogP contribution in [0.4, 0.5) is 0 Å². The summed E-state index contributed by atoms with van der Waals surface area (Å²) in [6.07, 6.45) is 5.94. The predicted octanol–water partition coefficient (Wildman–Crippen LogP) is 0.771. The number of hydrogen-bond donors (Lipinski definition) is 2. The maximum absolute atomic E-state index is 5.95. The average molecular weight is 140 g/mol. The Labute approximate surface area is 62.3 Å². The maximum Gasteiger partial charge on any atom is 0.0337 e. The first-order valence-corrected chi connectivity index (χ1v) is 3.84. The second kappa shape index (κ2) is 2.72. The van der Waals surface area contributed by atoms with Crippen LogP contribution in [0.1, 0.15) is 25.7 Å². The van der Waals surface area contributed by atoms with E-state index >= 15 is 0 Å². The normalized spacial score (nSPS) is 41.2. The molecule has 1 fully saturated rings. The molecule has 1 aliphatic carbocycles. The van der Waals surface area contributed by atoms with Gasteiger partial charge in [0.15, 0.2) is 0 Å². The van der Waals surface area contributed by atoms with E-state index in [1.807, 2.05) is 6.08 Å². The van der Waals surface area contributed by atoms with Gasteiger partial charge < -0.3 is 11.5 Å². The van der Waals surface area contributed by atoms with E-state index in [0.717, 1.165) is 25.7 Å². The summed E-state index contributed by atoms with van der Waals surface area (Å²) in [6.45, 7) is 3.72. The van der Waals surface area contributed by atoms with E-state index in [1.54, 1.807) is 0 Å². The molecule has 2 nitrogen and oxygen atoms in total. The largest absolute Gasteiger partial charge is 0.328 e. The zero-order valence-corrected chi connectivity index (χ0v) is 6.34. The van der Waals surface area contributed by atoms with Gasteiger partial charge in [-0.2, -0.15) is 0 Å². The molecule has 0 saturated heterocycles. The molecule has 1 rings (SSSR count). The lowest BCUT2D eigenvalue weighted by Crippen LogP contribution is -2.44. The Morgan fingerprint density at radius 2 is 1.90 bits per heavy atom. The van der Waals surface area contributed by atoms with Crippen molar-refractivity contribution in [2.24, 2.45) is 11.5 Å². The van der Waals surface area contributed by atoms with Crippen LogP contribution >= 0.6 is 0 Å². The van der Waals surface area contributed by atoms with Gasteiger partial charge in [-0.15, -0.1) is 6.58 Å². The van der Waals surface area contributed by atoms with E-state index < -0.39 is 0 Å². The van der Waals surface area contributed by atoms with E-state index in [9.17, 15) is 0 Å². The molecular formula is C8H16N2. The second-order valence-electron chi connectivity index (χ2n) is 3.27. The summed E-state index contributed by atoms with van der Waals surface area (Å²) >= 11 is 0. The second-order valence-corrected chi connectivity index (χ2v) is 3.27. The zero-order chi connectivity index (χ0) is 7.61. The summed E-state index contributed by atoms with van der Waals surface area (Å²) in [7, 11) is 0. The molecule has 0 aliphatic heterocycles. The number of rotatable bonds is 1. The van der Waals surface area contributed by atoms with Gasteiger partial charge in [-0.05, 0) is 25.7 Å². The smallest absolute Gasteiger partial charge is 0.0337 e. The van der Waals surface area contributed by atoms with Crippen LogP contribution < -0.4 is 11.5 Å². The summed E-state index contributed by atoms with van der Waals surface area (Å²) < 4.78 is 0. The topological polar surface area (TPSA) is 52.0 Å². The first-order chi connectivity index (χ1) is 4.66. The van der Waals surface area contributed by atoms with Gasteiger partial charge in [-0.25, -0.2) is 0 Å². The van der Waals surface area contributed by atoms with Gasteiger partial charge >= 0.3 is 0 Å². The third-order valence-corrected chi connectivity index (χ3v) is 2.37. The van der Waals surface area contributed by atoms with Crippen LogP contribution in [0.25, 0.3) is 0 Å². The van der Waals surface area contributed by atoms with Crippen molar-refractivity contribution in [3.8, 4) is 0 Å². The summed E-state index contributed by atoms with van der Waals surface area (Å²) in [5.41, 5.74) is 11.6. The van der Waals surface area contributed by atoms with Crippen molar-refractivity contribution in [3.63, 3.8) is 0 Å². The third-order valence-electron chi connectivity index (χ3n) is 2.37. The van der Waals surface area contributed by atoms with Crippen molar-refractivity contribution in [1.82, 2.24) is 0 Å². The standard InChI is InChI=1S/C8H16N2/c1-2-8(10)5-3-7(9)4-6-8/h2,7H,1,3-6,9-10H2. The van der Waals surface area contributed by atoms with Crippen LogP contribution in [0.5, 0.6) is 0 Å². The summed E-state index contributed by atoms with van der Waals surface area (Å²) in [6, 6.07) is 0.372. The molecule has 0 heterocycles. The fourth-order valence-corrected chi connectivity index (χ4v) is 1.38. The summed E-state index contributed by atoms with van der Waals surface area (Å²) in [4.78, 5) is 0. The molecule has 2 heteroatoms. The lowest BCUT2D eigenvalue weighted by atomic mass is 9.81. The lowest BCUT2D eigenvalue weighted by Gasteiger charge is -2.33. The van der Waals surface area contributed by atoms with Gasteiger partial charge in [0, 0.05) is 11.6 Å². The Balaban J connectivity index is 2.46. The van der Waals surface area contributed by atoms with E-state index in [1.165, 1.54) is 0 Å². The summed E-state index contributed by atoms with van der Waals surface area (Å²) in [5, 5.41) is 0. The van der Waals surface area contributed by atoms with Crippen molar-refractivity contribution in [3.05, 3.63) is 12.7 Å². The highest BCUT2D eigenvalue weighted by molar-refractivity contribution is 5.03. The first kappa shape index (κ1) is 7.76. The van der Waals surface area contributed by atoms with Crippen LogP contribution in [0.2, 0.25) is 0 Å². The van der Waals surface area contributed by atoms with Crippen molar-refractivity contribution >= 4 is 0 Å². The van der Waals surface area contributed by atoms with E-state index in [2.05, 4.69) is 6.58 Å². The Morgan fingerprint density at radius 1 is 1.40 bits per heavy atom. The highest BCUT2D eigenvalue weighted by Gasteiger charge is 2.26. The molecule has 58 valence electrons. The van der Waals surface area contributed by atoms with Crippen molar-refractivity contribution in [2.45, 2.75) is 37.3 Å². The molecule has 0 atom stereocenters. The van der Waals surface area contributed by atoms with Gasteiger partial charge in [-0.1, -0.05) is 6.08 Å². The van der Waals surface area contributed by atoms with E-state index in [0.29, 0.717) is 6.04 Å². The molecule has 0 spiro atoms. The van der Waals surface area contributed by atoms with Crippen LogP contribution in [0, 0.1) is 0 Å². The van der Waals surface area contributed by atoms with Gasteiger partial charge in [0.25, 0.3) is 0 Å². The molecule has 0 amide bonds.